The SMILES string of the molecule is CCNC(=NCc1ccc(OC)cc1OC)NCC(C)Cn1cccn1. The van der Waals surface area contributed by atoms with Crippen molar-refractivity contribution in [2.75, 3.05) is 27.3 Å². The lowest BCUT2D eigenvalue weighted by Gasteiger charge is -2.16. The molecule has 0 bridgehead atoms. The number of aliphatic imine (C=N–C) groups is 1. The fraction of sp³-hybridized carbons (Fsp3) is 0.474. The highest BCUT2D eigenvalue weighted by atomic mass is 16.5. The maximum atomic E-state index is 5.44. The molecule has 0 saturated carbocycles. The number of hydrogen-bond acceptors (Lipinski definition) is 4. The Morgan fingerprint density at radius 1 is 1.27 bits per heavy atom. The van der Waals surface area contributed by atoms with E-state index < -0.39 is 0 Å². The zero-order valence-electron chi connectivity index (χ0n) is 16.0. The summed E-state index contributed by atoms with van der Waals surface area (Å²) in [5.74, 6) is 2.76. The van der Waals surface area contributed by atoms with Crippen LogP contribution in [-0.4, -0.2) is 43.0 Å². The van der Waals surface area contributed by atoms with Gasteiger partial charge in [-0.1, -0.05) is 6.92 Å². The van der Waals surface area contributed by atoms with Gasteiger partial charge in [-0.3, -0.25) is 4.68 Å². The molecule has 0 spiro atoms. The highest BCUT2D eigenvalue weighted by Crippen LogP contribution is 2.25. The smallest absolute Gasteiger partial charge is 0.191 e. The van der Waals surface area contributed by atoms with Crippen molar-refractivity contribution in [3.8, 4) is 11.5 Å². The average molecular weight is 359 g/mol. The minimum absolute atomic E-state index is 0.425. The number of aromatic nitrogens is 2. The summed E-state index contributed by atoms with van der Waals surface area (Å²) in [6.07, 6.45) is 3.78. The van der Waals surface area contributed by atoms with Crippen molar-refractivity contribution in [2.45, 2.75) is 26.9 Å². The van der Waals surface area contributed by atoms with E-state index in [1.807, 2.05) is 35.1 Å². The molecule has 2 rings (SSSR count). The molecule has 0 fully saturated rings. The van der Waals surface area contributed by atoms with Crippen molar-refractivity contribution in [1.29, 1.82) is 0 Å². The number of ether oxygens (including phenoxy) is 2. The summed E-state index contributed by atoms with van der Waals surface area (Å²) in [6, 6.07) is 7.70. The first-order chi connectivity index (χ1) is 12.7. The zero-order valence-corrected chi connectivity index (χ0v) is 16.0. The Labute approximate surface area is 155 Å². The number of nitrogens with one attached hydrogen (secondary N) is 2. The lowest BCUT2D eigenvalue weighted by atomic mass is 10.2. The van der Waals surface area contributed by atoms with Gasteiger partial charge in [-0.25, -0.2) is 4.99 Å². The molecule has 0 amide bonds. The first-order valence-corrected chi connectivity index (χ1v) is 8.86. The van der Waals surface area contributed by atoms with Crippen molar-refractivity contribution < 1.29 is 9.47 Å². The Hall–Kier alpha value is -2.70. The summed E-state index contributed by atoms with van der Waals surface area (Å²) >= 11 is 0. The standard InChI is InChI=1S/C19H29N5O2/c1-5-20-19(21-12-15(2)14-24-10-6-9-23-24)22-13-16-7-8-17(25-3)11-18(16)26-4/h6-11,15H,5,12-14H2,1-4H3,(H2,20,21,22). The van der Waals surface area contributed by atoms with Crippen LogP contribution in [0.2, 0.25) is 0 Å². The van der Waals surface area contributed by atoms with Crippen LogP contribution in [0.15, 0.2) is 41.7 Å². The highest BCUT2D eigenvalue weighted by Gasteiger charge is 2.07. The van der Waals surface area contributed by atoms with Gasteiger partial charge in [0.2, 0.25) is 0 Å². The summed E-state index contributed by atoms with van der Waals surface area (Å²) in [6.45, 7) is 7.25. The lowest BCUT2D eigenvalue weighted by Crippen LogP contribution is -2.40. The maximum Gasteiger partial charge on any atom is 0.191 e. The summed E-state index contributed by atoms with van der Waals surface area (Å²) in [5, 5.41) is 10.9. The quantitative estimate of drug-likeness (QED) is 0.531. The van der Waals surface area contributed by atoms with Crippen molar-refractivity contribution in [3.05, 3.63) is 42.2 Å². The molecule has 26 heavy (non-hydrogen) atoms. The van der Waals surface area contributed by atoms with Crippen LogP contribution in [0.4, 0.5) is 0 Å². The van der Waals surface area contributed by atoms with Crippen LogP contribution in [0.1, 0.15) is 19.4 Å². The second-order valence-corrected chi connectivity index (χ2v) is 6.09. The molecule has 0 saturated heterocycles. The van der Waals surface area contributed by atoms with Crippen LogP contribution < -0.4 is 20.1 Å². The van der Waals surface area contributed by atoms with E-state index in [1.165, 1.54) is 0 Å². The predicted octanol–water partition coefficient (Wildman–Crippen LogP) is 2.29. The summed E-state index contributed by atoms with van der Waals surface area (Å²) < 4.78 is 12.6. The van der Waals surface area contributed by atoms with E-state index >= 15 is 0 Å². The van der Waals surface area contributed by atoms with E-state index in [0.29, 0.717) is 12.5 Å². The Kier molecular flexibility index (Phi) is 7.79. The van der Waals surface area contributed by atoms with Crippen molar-refractivity contribution in [2.24, 2.45) is 10.9 Å². The van der Waals surface area contributed by atoms with Gasteiger partial charge >= 0.3 is 0 Å². The fourth-order valence-electron chi connectivity index (χ4n) is 2.55. The molecule has 1 aromatic carbocycles. The summed E-state index contributed by atoms with van der Waals surface area (Å²) in [7, 11) is 3.30. The average Bonchev–Trinajstić information content (AvgIpc) is 3.16. The van der Waals surface area contributed by atoms with E-state index in [4.69, 9.17) is 9.47 Å². The third kappa shape index (κ3) is 5.98. The minimum atomic E-state index is 0.425. The van der Waals surface area contributed by atoms with Crippen LogP contribution in [0.5, 0.6) is 11.5 Å². The summed E-state index contributed by atoms with van der Waals surface area (Å²) in [5.41, 5.74) is 1.01. The molecule has 2 N–H and O–H groups in total. The van der Waals surface area contributed by atoms with E-state index in [-0.39, 0.29) is 0 Å². The fourth-order valence-corrected chi connectivity index (χ4v) is 2.55. The first kappa shape index (κ1) is 19.6. The molecule has 7 heteroatoms. The van der Waals surface area contributed by atoms with Crippen molar-refractivity contribution in [1.82, 2.24) is 20.4 Å². The van der Waals surface area contributed by atoms with E-state index in [0.717, 1.165) is 42.7 Å². The van der Waals surface area contributed by atoms with E-state index in [2.05, 4.69) is 34.6 Å². The number of methoxy groups -OCH3 is 2. The predicted molar refractivity (Wildman–Crippen MR) is 104 cm³/mol. The molecule has 0 radical (unpaired) electrons. The van der Waals surface area contributed by atoms with Crippen LogP contribution in [0.3, 0.4) is 0 Å². The van der Waals surface area contributed by atoms with Crippen molar-refractivity contribution >= 4 is 5.96 Å². The number of nitrogens with zero attached hydrogens (tertiary/aromatic N) is 3. The molecular weight excluding hydrogens is 330 g/mol. The van der Waals surface area contributed by atoms with Gasteiger partial charge < -0.3 is 20.1 Å². The third-order valence-corrected chi connectivity index (χ3v) is 3.92. The molecule has 0 aliphatic rings. The number of rotatable bonds is 9. The van der Waals surface area contributed by atoms with Gasteiger partial charge in [0.05, 0.1) is 20.8 Å². The molecule has 2 aromatic rings. The molecule has 1 atom stereocenters. The molecule has 7 nitrogen and oxygen atoms in total. The number of hydrogen-bond donors (Lipinski definition) is 2. The Balaban J connectivity index is 1.95. The maximum absolute atomic E-state index is 5.44. The molecule has 0 aliphatic heterocycles. The Morgan fingerprint density at radius 2 is 2.12 bits per heavy atom. The van der Waals surface area contributed by atoms with Gasteiger partial charge in [-0.05, 0) is 31.0 Å². The van der Waals surface area contributed by atoms with Gasteiger partial charge in [-0.2, -0.15) is 5.10 Å². The summed E-state index contributed by atoms with van der Waals surface area (Å²) in [4.78, 5) is 4.67. The van der Waals surface area contributed by atoms with Crippen LogP contribution in [-0.2, 0) is 13.1 Å². The van der Waals surface area contributed by atoms with Crippen LogP contribution >= 0.6 is 0 Å². The van der Waals surface area contributed by atoms with Gasteiger partial charge in [0.25, 0.3) is 0 Å². The monoisotopic (exact) mass is 359 g/mol. The van der Waals surface area contributed by atoms with Crippen molar-refractivity contribution in [3.63, 3.8) is 0 Å². The largest absolute Gasteiger partial charge is 0.497 e. The van der Waals surface area contributed by atoms with Gasteiger partial charge in [0, 0.05) is 43.7 Å². The van der Waals surface area contributed by atoms with E-state index in [9.17, 15) is 0 Å². The lowest BCUT2D eigenvalue weighted by molar-refractivity contribution is 0.391. The highest BCUT2D eigenvalue weighted by molar-refractivity contribution is 5.79. The van der Waals surface area contributed by atoms with E-state index in [1.54, 1.807) is 20.4 Å². The molecule has 1 unspecified atom stereocenters. The molecule has 1 aromatic heterocycles. The number of benzene rings is 1. The Bertz CT molecular complexity index is 685. The Morgan fingerprint density at radius 3 is 2.77 bits per heavy atom. The normalized spacial score (nSPS) is 12.5. The topological polar surface area (TPSA) is 72.7 Å². The molecule has 0 aliphatic carbocycles. The van der Waals surface area contributed by atoms with Gasteiger partial charge in [0.1, 0.15) is 11.5 Å². The molecule has 1 heterocycles. The first-order valence-electron chi connectivity index (χ1n) is 8.86. The van der Waals surface area contributed by atoms with Crippen LogP contribution in [0, 0.1) is 5.92 Å². The molecular formula is C19H29N5O2. The van der Waals surface area contributed by atoms with Crippen LogP contribution in [0.25, 0.3) is 0 Å². The second kappa shape index (κ2) is 10.3. The minimum Gasteiger partial charge on any atom is -0.497 e. The second-order valence-electron chi connectivity index (χ2n) is 6.09. The van der Waals surface area contributed by atoms with Gasteiger partial charge in [-0.15, -0.1) is 0 Å². The zero-order chi connectivity index (χ0) is 18.8. The number of guanidine groups is 1. The molecule has 142 valence electrons. The third-order valence-electron chi connectivity index (χ3n) is 3.92. The van der Waals surface area contributed by atoms with Gasteiger partial charge in [0.15, 0.2) is 5.96 Å².